The maximum Gasteiger partial charge on any atom is 0.141 e. The normalized spacial score (nSPS) is 16.9. The Kier molecular flexibility index (Phi) is 2.50. The van der Waals surface area contributed by atoms with E-state index in [-0.39, 0.29) is 0 Å². The molecule has 3 heteroatoms. The molecule has 20 heavy (non-hydrogen) atoms. The summed E-state index contributed by atoms with van der Waals surface area (Å²) in [6.45, 7) is 2.23. The van der Waals surface area contributed by atoms with Crippen LogP contribution in [0.15, 0.2) is 36.4 Å². The highest BCUT2D eigenvalue weighted by Crippen LogP contribution is 2.46. The molecule has 0 saturated carbocycles. The molecule has 0 unspecified atom stereocenters. The maximum absolute atomic E-state index is 9.25. The van der Waals surface area contributed by atoms with Crippen LogP contribution < -0.4 is 4.90 Å². The summed E-state index contributed by atoms with van der Waals surface area (Å²) in [6, 6.07) is 14.5. The van der Waals surface area contributed by atoms with Gasteiger partial charge in [0.05, 0.1) is 11.4 Å². The van der Waals surface area contributed by atoms with Crippen molar-refractivity contribution in [3.8, 4) is 17.2 Å². The van der Waals surface area contributed by atoms with E-state index >= 15 is 0 Å². The highest BCUT2D eigenvalue weighted by molar-refractivity contribution is 5.82. The van der Waals surface area contributed by atoms with Crippen molar-refractivity contribution >= 4 is 5.69 Å². The number of aromatic nitrogens is 1. The predicted octanol–water partition coefficient (Wildman–Crippen LogP) is 3.32. The molecule has 0 atom stereocenters. The predicted molar refractivity (Wildman–Crippen MR) is 78.6 cm³/mol. The summed E-state index contributed by atoms with van der Waals surface area (Å²) in [7, 11) is 0. The fourth-order valence-electron chi connectivity index (χ4n) is 3.45. The quantitative estimate of drug-likeness (QED) is 0.790. The van der Waals surface area contributed by atoms with E-state index in [9.17, 15) is 5.26 Å². The summed E-state index contributed by atoms with van der Waals surface area (Å²) in [4.78, 5) is 7.03. The lowest BCUT2D eigenvalue weighted by molar-refractivity contribution is 0.464. The lowest BCUT2D eigenvalue weighted by Gasteiger charge is -2.42. The van der Waals surface area contributed by atoms with Crippen LogP contribution in [0.3, 0.4) is 0 Å². The number of anilines is 1. The summed E-state index contributed by atoms with van der Waals surface area (Å²) in [6.07, 6.45) is 2.34. The van der Waals surface area contributed by atoms with Gasteiger partial charge in [0.15, 0.2) is 0 Å². The first-order chi connectivity index (χ1) is 9.86. The zero-order valence-electron chi connectivity index (χ0n) is 11.2. The zero-order valence-corrected chi connectivity index (χ0v) is 11.2. The van der Waals surface area contributed by atoms with Crippen molar-refractivity contribution in [1.29, 1.82) is 5.26 Å². The summed E-state index contributed by atoms with van der Waals surface area (Å²) in [5, 5.41) is 9.25. The molecule has 0 spiro atoms. The molecule has 4 heterocycles. The van der Waals surface area contributed by atoms with Gasteiger partial charge in [0.2, 0.25) is 0 Å². The minimum atomic E-state index is 0.533. The van der Waals surface area contributed by atoms with Crippen LogP contribution >= 0.6 is 0 Å². The van der Waals surface area contributed by atoms with Gasteiger partial charge in [-0.25, -0.2) is 4.98 Å². The molecule has 2 aromatic rings. The van der Waals surface area contributed by atoms with Crippen molar-refractivity contribution in [2.45, 2.75) is 18.8 Å². The van der Waals surface area contributed by atoms with Crippen LogP contribution in [0.1, 0.15) is 30.1 Å². The van der Waals surface area contributed by atoms with Crippen LogP contribution in [-0.4, -0.2) is 18.1 Å². The molecule has 98 valence electrons. The lowest BCUT2D eigenvalue weighted by Crippen LogP contribution is -2.39. The number of hydrogen-bond acceptors (Lipinski definition) is 3. The van der Waals surface area contributed by atoms with E-state index < -0.39 is 0 Å². The molecule has 1 aromatic carbocycles. The second-order valence-electron chi connectivity index (χ2n) is 5.53. The third-order valence-corrected chi connectivity index (χ3v) is 4.42. The number of rotatable bonds is 1. The van der Waals surface area contributed by atoms with Gasteiger partial charge in [-0.1, -0.05) is 30.3 Å². The number of hydrogen-bond donors (Lipinski definition) is 0. The van der Waals surface area contributed by atoms with Crippen LogP contribution in [-0.2, 0) is 0 Å². The molecule has 3 aliphatic rings. The van der Waals surface area contributed by atoms with E-state index in [0.29, 0.717) is 11.6 Å². The molecule has 2 bridgehead atoms. The van der Waals surface area contributed by atoms with Gasteiger partial charge < -0.3 is 4.90 Å². The largest absolute Gasteiger partial charge is 0.370 e. The minimum absolute atomic E-state index is 0.533. The molecule has 3 nitrogen and oxygen atoms in total. The average Bonchev–Trinajstić information content (AvgIpc) is 2.55. The number of nitrogens with zero attached hydrogens (tertiary/aromatic N) is 3. The molecular formula is C17H15N3. The highest BCUT2D eigenvalue weighted by atomic mass is 15.2. The average molecular weight is 261 g/mol. The molecule has 0 radical (unpaired) electrons. The van der Waals surface area contributed by atoms with Crippen molar-refractivity contribution in [1.82, 2.24) is 4.98 Å². The van der Waals surface area contributed by atoms with Crippen molar-refractivity contribution in [3.05, 3.63) is 47.8 Å². The van der Waals surface area contributed by atoms with Crippen LogP contribution in [0.5, 0.6) is 0 Å². The third kappa shape index (κ3) is 1.61. The topological polar surface area (TPSA) is 39.9 Å². The standard InChI is InChI=1S/C17H15N3/c18-11-14-10-15(12-4-2-1-3-5-12)17-16(19-14)13-6-8-20(17)9-7-13/h1-5,10,13H,6-9H2. The molecule has 0 amide bonds. The molecular weight excluding hydrogens is 246 g/mol. The van der Waals surface area contributed by atoms with Gasteiger partial charge in [-0.05, 0) is 24.5 Å². The molecule has 5 rings (SSSR count). The molecule has 3 aliphatic heterocycles. The van der Waals surface area contributed by atoms with Gasteiger partial charge in [-0.3, -0.25) is 0 Å². The fourth-order valence-corrected chi connectivity index (χ4v) is 3.45. The summed E-state index contributed by atoms with van der Waals surface area (Å²) in [5.41, 5.74) is 5.28. The summed E-state index contributed by atoms with van der Waals surface area (Å²) in [5.74, 6) is 0.533. The minimum Gasteiger partial charge on any atom is -0.370 e. The summed E-state index contributed by atoms with van der Waals surface area (Å²) >= 11 is 0. The van der Waals surface area contributed by atoms with E-state index in [1.165, 1.54) is 24.1 Å². The molecule has 1 aromatic heterocycles. The first-order valence-electron chi connectivity index (χ1n) is 7.12. The number of benzene rings is 1. The Morgan fingerprint density at radius 2 is 1.90 bits per heavy atom. The second kappa shape index (κ2) is 4.35. The Bertz CT molecular complexity index is 692. The monoisotopic (exact) mass is 261 g/mol. The van der Waals surface area contributed by atoms with Gasteiger partial charge in [0.25, 0.3) is 0 Å². The lowest BCUT2D eigenvalue weighted by atomic mass is 9.84. The number of pyridine rings is 1. The first-order valence-corrected chi connectivity index (χ1v) is 7.12. The maximum atomic E-state index is 9.25. The van der Waals surface area contributed by atoms with Gasteiger partial charge in [0, 0.05) is 24.6 Å². The Morgan fingerprint density at radius 3 is 2.60 bits per heavy atom. The number of piperidine rings is 1. The van der Waals surface area contributed by atoms with Crippen LogP contribution in [0.4, 0.5) is 5.69 Å². The van der Waals surface area contributed by atoms with E-state index in [2.05, 4.69) is 28.1 Å². The van der Waals surface area contributed by atoms with Crippen molar-refractivity contribution in [2.24, 2.45) is 0 Å². The molecule has 0 N–H and O–H groups in total. The van der Waals surface area contributed by atoms with Crippen molar-refractivity contribution in [3.63, 3.8) is 0 Å². The number of fused-ring (bicyclic) bond motifs is 2. The second-order valence-corrected chi connectivity index (χ2v) is 5.53. The molecule has 1 fully saturated rings. The Balaban J connectivity index is 1.99. The van der Waals surface area contributed by atoms with Crippen LogP contribution in [0.25, 0.3) is 11.1 Å². The number of nitriles is 1. The van der Waals surface area contributed by atoms with E-state index in [1.807, 2.05) is 24.3 Å². The third-order valence-electron chi connectivity index (χ3n) is 4.42. The van der Waals surface area contributed by atoms with Crippen molar-refractivity contribution in [2.75, 3.05) is 18.0 Å². The highest BCUT2D eigenvalue weighted by Gasteiger charge is 2.34. The van der Waals surface area contributed by atoms with Crippen molar-refractivity contribution < 1.29 is 0 Å². The Labute approximate surface area is 118 Å². The van der Waals surface area contributed by atoms with Crippen LogP contribution in [0.2, 0.25) is 0 Å². The van der Waals surface area contributed by atoms with Gasteiger partial charge in [-0.15, -0.1) is 0 Å². The Morgan fingerprint density at radius 1 is 1.15 bits per heavy atom. The zero-order chi connectivity index (χ0) is 13.5. The van der Waals surface area contributed by atoms with E-state index in [0.717, 1.165) is 24.3 Å². The fraction of sp³-hybridized carbons (Fsp3) is 0.294. The molecule has 0 aliphatic carbocycles. The SMILES string of the molecule is N#Cc1cc(-c2ccccc2)c2c(n1)C1CCN2CC1. The van der Waals surface area contributed by atoms with Gasteiger partial charge in [-0.2, -0.15) is 5.26 Å². The summed E-state index contributed by atoms with van der Waals surface area (Å²) < 4.78 is 0. The van der Waals surface area contributed by atoms with E-state index in [1.54, 1.807) is 0 Å². The molecule has 1 saturated heterocycles. The first kappa shape index (κ1) is 11.5. The van der Waals surface area contributed by atoms with Gasteiger partial charge >= 0.3 is 0 Å². The Hall–Kier alpha value is -2.34. The van der Waals surface area contributed by atoms with Crippen LogP contribution in [0, 0.1) is 11.3 Å². The van der Waals surface area contributed by atoms with Gasteiger partial charge in [0.1, 0.15) is 11.8 Å². The van der Waals surface area contributed by atoms with E-state index in [4.69, 9.17) is 0 Å². The smallest absolute Gasteiger partial charge is 0.141 e.